The molecule has 3 heterocycles. The van der Waals surface area contributed by atoms with Gasteiger partial charge in [-0.1, -0.05) is 0 Å². The van der Waals surface area contributed by atoms with Crippen LogP contribution in [0.1, 0.15) is 30.7 Å². The Balaban J connectivity index is 0.00000121. The van der Waals surface area contributed by atoms with E-state index in [2.05, 4.69) is 26.1 Å². The lowest BCUT2D eigenvalue weighted by Gasteiger charge is -1.99. The van der Waals surface area contributed by atoms with E-state index in [4.69, 9.17) is 4.42 Å². The minimum Gasteiger partial charge on any atom is -0.441 e. The predicted molar refractivity (Wildman–Crippen MR) is 77.7 cm³/mol. The summed E-state index contributed by atoms with van der Waals surface area (Å²) in [4.78, 5) is 4.37. The Kier molecular flexibility index (Phi) is 3.81. The Labute approximate surface area is 124 Å². The van der Waals surface area contributed by atoms with Crippen molar-refractivity contribution in [3.63, 3.8) is 0 Å². The number of aryl methyl sites for hydroxylation is 1. The fourth-order valence-corrected chi connectivity index (χ4v) is 2.69. The monoisotopic (exact) mass is 294 g/mol. The molecule has 1 saturated carbocycles. The van der Waals surface area contributed by atoms with E-state index in [-0.39, 0.29) is 12.4 Å². The Morgan fingerprint density at radius 1 is 1.40 bits per heavy atom. The minimum atomic E-state index is 0. The maximum absolute atomic E-state index is 5.58. The second-order valence-electron chi connectivity index (χ2n) is 5.55. The van der Waals surface area contributed by atoms with Crippen molar-refractivity contribution >= 4 is 12.4 Å². The van der Waals surface area contributed by atoms with E-state index >= 15 is 0 Å². The highest BCUT2D eigenvalue weighted by atomic mass is 35.5. The molecule has 20 heavy (non-hydrogen) atoms. The molecule has 0 atom stereocenters. The van der Waals surface area contributed by atoms with Crippen LogP contribution in [0.3, 0.4) is 0 Å². The Morgan fingerprint density at radius 2 is 2.30 bits per heavy atom. The molecule has 0 unspecified atom stereocenters. The molecule has 0 spiro atoms. The molecule has 2 aromatic rings. The van der Waals surface area contributed by atoms with Crippen molar-refractivity contribution in [1.29, 1.82) is 0 Å². The maximum atomic E-state index is 5.58. The number of nitrogens with one attached hydrogen (secondary N) is 1. The summed E-state index contributed by atoms with van der Waals surface area (Å²) in [5, 5.41) is 8.10. The predicted octanol–water partition coefficient (Wildman–Crippen LogP) is 2.41. The molecule has 0 bridgehead atoms. The number of nitrogens with zero attached hydrogens (tertiary/aromatic N) is 3. The maximum Gasteiger partial charge on any atom is 0.181 e. The molecular formula is C14H19ClN4O. The van der Waals surface area contributed by atoms with Gasteiger partial charge in [0.1, 0.15) is 5.69 Å². The van der Waals surface area contributed by atoms with Gasteiger partial charge in [-0.2, -0.15) is 5.10 Å². The number of hydrogen-bond donors (Lipinski definition) is 1. The van der Waals surface area contributed by atoms with E-state index in [0.717, 1.165) is 55.5 Å². The molecule has 0 amide bonds. The summed E-state index contributed by atoms with van der Waals surface area (Å²) in [5.74, 6) is 1.68. The van der Waals surface area contributed by atoms with Crippen molar-refractivity contribution in [1.82, 2.24) is 20.1 Å². The smallest absolute Gasteiger partial charge is 0.181 e. The summed E-state index contributed by atoms with van der Waals surface area (Å²) in [6, 6.07) is 2.13. The Bertz CT molecular complexity index is 564. The summed E-state index contributed by atoms with van der Waals surface area (Å²) < 4.78 is 7.68. The van der Waals surface area contributed by atoms with E-state index < -0.39 is 0 Å². The van der Waals surface area contributed by atoms with Gasteiger partial charge in [0, 0.05) is 13.1 Å². The molecule has 0 aromatic carbocycles. The average molecular weight is 295 g/mol. The lowest BCUT2D eigenvalue weighted by Crippen LogP contribution is -2.11. The molecule has 0 saturated heterocycles. The minimum absolute atomic E-state index is 0. The molecular weight excluding hydrogens is 276 g/mol. The molecule has 0 radical (unpaired) electrons. The average Bonchev–Trinajstić information content (AvgIpc) is 3.03. The highest BCUT2D eigenvalue weighted by molar-refractivity contribution is 5.85. The SMILES string of the molecule is Cl.c1nc(CC2CC2)c(-c2cc3n(n2)CCCNC3)o1. The van der Waals surface area contributed by atoms with E-state index in [9.17, 15) is 0 Å². The quantitative estimate of drug-likeness (QED) is 0.944. The number of halogens is 1. The molecule has 5 nitrogen and oxygen atoms in total. The zero-order valence-electron chi connectivity index (χ0n) is 11.3. The molecule has 4 rings (SSSR count). The van der Waals surface area contributed by atoms with E-state index in [0.29, 0.717) is 0 Å². The zero-order chi connectivity index (χ0) is 12.7. The Hall–Kier alpha value is -1.33. The molecule has 1 N–H and O–H groups in total. The van der Waals surface area contributed by atoms with E-state index in [1.807, 2.05) is 0 Å². The van der Waals surface area contributed by atoms with Crippen molar-refractivity contribution < 1.29 is 4.42 Å². The number of fused-ring (bicyclic) bond motifs is 1. The van der Waals surface area contributed by atoms with Crippen LogP contribution in [0.5, 0.6) is 0 Å². The van der Waals surface area contributed by atoms with Crippen LogP contribution in [0.25, 0.3) is 11.5 Å². The van der Waals surface area contributed by atoms with Gasteiger partial charge in [-0.15, -0.1) is 12.4 Å². The highest BCUT2D eigenvalue weighted by Crippen LogP contribution is 2.35. The van der Waals surface area contributed by atoms with Crippen LogP contribution in [0, 0.1) is 5.92 Å². The van der Waals surface area contributed by atoms with Gasteiger partial charge < -0.3 is 9.73 Å². The normalized spacial score (nSPS) is 18.2. The van der Waals surface area contributed by atoms with E-state index in [1.165, 1.54) is 18.5 Å². The first-order chi connectivity index (χ1) is 9.40. The van der Waals surface area contributed by atoms with Crippen LogP contribution in [-0.2, 0) is 19.5 Å². The lowest BCUT2D eigenvalue weighted by atomic mass is 10.1. The summed E-state index contributed by atoms with van der Waals surface area (Å²) in [7, 11) is 0. The second kappa shape index (κ2) is 5.58. The lowest BCUT2D eigenvalue weighted by molar-refractivity contribution is 0.557. The van der Waals surface area contributed by atoms with Crippen molar-refractivity contribution in [2.24, 2.45) is 5.92 Å². The highest BCUT2D eigenvalue weighted by Gasteiger charge is 2.26. The number of rotatable bonds is 3. The van der Waals surface area contributed by atoms with Crippen molar-refractivity contribution in [3.05, 3.63) is 23.8 Å². The van der Waals surface area contributed by atoms with Crippen LogP contribution < -0.4 is 5.32 Å². The molecule has 108 valence electrons. The number of oxazole rings is 1. The summed E-state index contributed by atoms with van der Waals surface area (Å²) >= 11 is 0. The molecule has 1 aliphatic heterocycles. The summed E-state index contributed by atoms with van der Waals surface area (Å²) in [6.07, 6.45) is 6.37. The van der Waals surface area contributed by atoms with Crippen LogP contribution in [0.2, 0.25) is 0 Å². The fourth-order valence-electron chi connectivity index (χ4n) is 2.69. The zero-order valence-corrected chi connectivity index (χ0v) is 12.2. The van der Waals surface area contributed by atoms with Crippen LogP contribution >= 0.6 is 12.4 Å². The van der Waals surface area contributed by atoms with E-state index in [1.54, 1.807) is 6.39 Å². The van der Waals surface area contributed by atoms with Crippen molar-refractivity contribution in [2.45, 2.75) is 38.8 Å². The van der Waals surface area contributed by atoms with Crippen molar-refractivity contribution in [2.75, 3.05) is 6.54 Å². The molecule has 1 aliphatic carbocycles. The first kappa shape index (κ1) is 13.6. The summed E-state index contributed by atoms with van der Waals surface area (Å²) in [5.41, 5.74) is 3.25. The number of hydrogen-bond acceptors (Lipinski definition) is 4. The van der Waals surface area contributed by atoms with Gasteiger partial charge in [0.15, 0.2) is 12.2 Å². The van der Waals surface area contributed by atoms with Gasteiger partial charge in [0.25, 0.3) is 0 Å². The third-order valence-corrected chi connectivity index (χ3v) is 3.95. The first-order valence-electron chi connectivity index (χ1n) is 7.10. The molecule has 2 aromatic heterocycles. The van der Waals surface area contributed by atoms with Gasteiger partial charge in [0.05, 0.1) is 11.4 Å². The standard InChI is InChI=1S/C14H18N4O.ClH/c1-4-15-8-11-7-13(17-18(11)5-1)14-12(16-9-19-14)6-10-2-3-10;/h7,9-10,15H,1-6,8H2;1H. The van der Waals surface area contributed by atoms with Gasteiger partial charge in [0.2, 0.25) is 0 Å². The first-order valence-corrected chi connectivity index (χ1v) is 7.10. The van der Waals surface area contributed by atoms with Crippen LogP contribution in [-0.4, -0.2) is 21.3 Å². The molecule has 2 aliphatic rings. The Morgan fingerprint density at radius 3 is 3.15 bits per heavy atom. The topological polar surface area (TPSA) is 55.9 Å². The third kappa shape index (κ3) is 2.60. The van der Waals surface area contributed by atoms with Crippen molar-refractivity contribution in [3.8, 4) is 11.5 Å². The fraction of sp³-hybridized carbons (Fsp3) is 0.571. The number of aromatic nitrogens is 3. The van der Waals surface area contributed by atoms with Crippen LogP contribution in [0.4, 0.5) is 0 Å². The van der Waals surface area contributed by atoms with Crippen LogP contribution in [0.15, 0.2) is 16.9 Å². The molecule has 6 heteroatoms. The largest absolute Gasteiger partial charge is 0.441 e. The van der Waals surface area contributed by atoms with Gasteiger partial charge in [-0.3, -0.25) is 4.68 Å². The summed E-state index contributed by atoms with van der Waals surface area (Å²) in [6.45, 7) is 2.93. The van der Waals surface area contributed by atoms with Gasteiger partial charge >= 0.3 is 0 Å². The van der Waals surface area contributed by atoms with Gasteiger partial charge in [-0.25, -0.2) is 4.98 Å². The van der Waals surface area contributed by atoms with Gasteiger partial charge in [-0.05, 0) is 44.2 Å². The third-order valence-electron chi connectivity index (χ3n) is 3.95. The molecule has 1 fully saturated rings. The second-order valence-corrected chi connectivity index (χ2v) is 5.55.